The number of amides is 3. The van der Waals surface area contributed by atoms with E-state index in [9.17, 15) is 19.5 Å². The predicted molar refractivity (Wildman–Crippen MR) is 200 cm³/mol. The van der Waals surface area contributed by atoms with Crippen LogP contribution in [0, 0.1) is 5.92 Å². The number of β-amino-alcohol motifs (C(OH)–C–C–N with tert-alkyl or cyclic N) is 1. The Balaban J connectivity index is 1.46. The van der Waals surface area contributed by atoms with Gasteiger partial charge >= 0.3 is 6.09 Å². The molecule has 1 aliphatic heterocycles. The van der Waals surface area contributed by atoms with Crippen LogP contribution in [0.1, 0.15) is 64.2 Å². The van der Waals surface area contributed by atoms with Crippen molar-refractivity contribution in [1.82, 2.24) is 20.9 Å². The van der Waals surface area contributed by atoms with E-state index in [4.69, 9.17) is 4.74 Å². The number of ether oxygens (including phenoxy) is 1. The Morgan fingerprint density at radius 1 is 0.880 bits per heavy atom. The Hall–Kier alpha value is -3.86. The lowest BCUT2D eigenvalue weighted by atomic mass is 9.95. The first-order chi connectivity index (χ1) is 23.9. The molecular weight excluding hydrogens is 649 g/mol. The topological polar surface area (TPSA) is 120 Å². The minimum Gasteiger partial charge on any atom is -0.445 e. The van der Waals surface area contributed by atoms with Crippen LogP contribution in [0.4, 0.5) is 4.79 Å². The number of carbonyl (C=O) groups excluding carboxylic acids is 3. The van der Waals surface area contributed by atoms with Gasteiger partial charge in [0.25, 0.3) is 0 Å². The van der Waals surface area contributed by atoms with Crippen molar-refractivity contribution < 1.29 is 24.2 Å². The Morgan fingerprint density at radius 3 is 2.04 bits per heavy atom. The molecule has 0 aromatic heterocycles. The fourth-order valence-corrected chi connectivity index (χ4v) is 7.29. The van der Waals surface area contributed by atoms with Crippen molar-refractivity contribution in [2.24, 2.45) is 5.92 Å². The summed E-state index contributed by atoms with van der Waals surface area (Å²) in [7, 11) is 0. The highest BCUT2D eigenvalue weighted by atomic mass is 32.2. The predicted octanol–water partition coefficient (Wildman–Crippen LogP) is 5.71. The second-order valence-corrected chi connectivity index (χ2v) is 15.8. The minimum atomic E-state index is -0.990. The molecule has 3 aromatic carbocycles. The van der Waals surface area contributed by atoms with E-state index in [0.29, 0.717) is 24.6 Å². The standard InChI is InChI=1S/C40H54N4O5S/c1-28(2)36(42-39(48)49-26-30-17-11-7-12-18-30)38(47)41-33(23-29-15-9-6-10-16-29)35(45)25-44-22-21-32(50-27-31-19-13-8-14-20-31)24-34(44)37(46)43-40(3,4)5/h6-20,28,32-36,45H,21-27H2,1-5H3,(H,41,47)(H,42,48)(H,43,46)/t32-,33+,34+,35-,36+/m1/s1. The van der Waals surface area contributed by atoms with E-state index in [1.807, 2.05) is 125 Å². The molecule has 4 rings (SSSR count). The highest BCUT2D eigenvalue weighted by Gasteiger charge is 2.38. The van der Waals surface area contributed by atoms with E-state index in [1.54, 1.807) is 0 Å². The lowest BCUT2D eigenvalue weighted by Crippen LogP contribution is -2.60. The molecule has 0 unspecified atom stereocenters. The fourth-order valence-electron chi connectivity index (χ4n) is 6.08. The first kappa shape index (κ1) is 38.9. The SMILES string of the molecule is CC(C)[C@H](NC(=O)OCc1ccccc1)C(=O)N[C@@H](Cc1ccccc1)[C@H](O)CN1CC[C@@H](SCc2ccccc2)C[C@H]1C(=O)NC(C)(C)C. The van der Waals surface area contributed by atoms with Gasteiger partial charge < -0.3 is 25.8 Å². The van der Waals surface area contributed by atoms with Gasteiger partial charge in [-0.05, 0) is 62.6 Å². The van der Waals surface area contributed by atoms with Gasteiger partial charge in [-0.15, -0.1) is 0 Å². The van der Waals surface area contributed by atoms with E-state index in [2.05, 4.69) is 33.0 Å². The number of aliphatic hydroxyl groups excluding tert-OH is 1. The maximum Gasteiger partial charge on any atom is 0.408 e. The number of nitrogens with one attached hydrogen (secondary N) is 3. The number of benzene rings is 3. The van der Waals surface area contributed by atoms with Gasteiger partial charge in [0.2, 0.25) is 11.8 Å². The zero-order valence-corrected chi connectivity index (χ0v) is 30.8. The Kier molecular flexibility index (Phi) is 14.7. The van der Waals surface area contributed by atoms with Crippen LogP contribution in [0.5, 0.6) is 0 Å². The van der Waals surface area contributed by atoms with Gasteiger partial charge in [0.15, 0.2) is 0 Å². The first-order valence-corrected chi connectivity index (χ1v) is 18.6. The van der Waals surface area contributed by atoms with Crippen molar-refractivity contribution in [1.29, 1.82) is 0 Å². The van der Waals surface area contributed by atoms with E-state index in [1.165, 1.54) is 5.56 Å². The summed E-state index contributed by atoms with van der Waals surface area (Å²) in [6.07, 6.45) is 0.230. The van der Waals surface area contributed by atoms with Crippen molar-refractivity contribution in [2.45, 2.75) is 101 Å². The van der Waals surface area contributed by atoms with Crippen LogP contribution in [0.25, 0.3) is 0 Å². The summed E-state index contributed by atoms with van der Waals surface area (Å²) in [5.41, 5.74) is 2.64. The van der Waals surface area contributed by atoms with Gasteiger partial charge in [-0.1, -0.05) is 105 Å². The summed E-state index contributed by atoms with van der Waals surface area (Å²) in [6.45, 7) is 10.5. The smallest absolute Gasteiger partial charge is 0.408 e. The van der Waals surface area contributed by atoms with Crippen LogP contribution in [0.3, 0.4) is 0 Å². The van der Waals surface area contributed by atoms with Crippen LogP contribution in [-0.2, 0) is 33.1 Å². The highest BCUT2D eigenvalue weighted by Crippen LogP contribution is 2.31. The van der Waals surface area contributed by atoms with Gasteiger partial charge in [0.05, 0.1) is 18.2 Å². The van der Waals surface area contributed by atoms with Crippen molar-refractivity contribution in [3.8, 4) is 0 Å². The Morgan fingerprint density at radius 2 is 1.46 bits per heavy atom. The molecule has 9 nitrogen and oxygen atoms in total. The summed E-state index contributed by atoms with van der Waals surface area (Å²) < 4.78 is 5.40. The van der Waals surface area contributed by atoms with Gasteiger partial charge in [0, 0.05) is 29.6 Å². The molecule has 0 saturated carbocycles. The second-order valence-electron chi connectivity index (χ2n) is 14.5. The number of hydrogen-bond donors (Lipinski definition) is 4. The average molecular weight is 703 g/mol. The number of thioether (sulfide) groups is 1. The quantitative estimate of drug-likeness (QED) is 0.160. The lowest BCUT2D eigenvalue weighted by molar-refractivity contribution is -0.130. The van der Waals surface area contributed by atoms with E-state index in [0.717, 1.165) is 23.3 Å². The summed E-state index contributed by atoms with van der Waals surface area (Å²) in [5, 5.41) is 21.1. The molecule has 1 heterocycles. The van der Waals surface area contributed by atoms with Gasteiger partial charge in [-0.25, -0.2) is 4.79 Å². The number of piperidine rings is 1. The highest BCUT2D eigenvalue weighted by molar-refractivity contribution is 7.99. The zero-order chi connectivity index (χ0) is 36.1. The molecule has 3 aromatic rings. The van der Waals surface area contributed by atoms with Gasteiger partial charge in [0.1, 0.15) is 12.6 Å². The van der Waals surface area contributed by atoms with E-state index in [-0.39, 0.29) is 25.0 Å². The molecule has 1 fully saturated rings. The monoisotopic (exact) mass is 702 g/mol. The zero-order valence-electron chi connectivity index (χ0n) is 30.0. The average Bonchev–Trinajstić information content (AvgIpc) is 3.09. The van der Waals surface area contributed by atoms with E-state index < -0.39 is 41.8 Å². The molecule has 0 spiro atoms. The molecule has 10 heteroatoms. The Labute approximate surface area is 301 Å². The van der Waals surface area contributed by atoms with Crippen LogP contribution < -0.4 is 16.0 Å². The minimum absolute atomic E-state index is 0.0588. The molecular formula is C40H54N4O5S. The normalized spacial score (nSPS) is 18.5. The summed E-state index contributed by atoms with van der Waals surface area (Å²) in [4.78, 5) is 42.3. The van der Waals surface area contributed by atoms with Gasteiger partial charge in [-0.2, -0.15) is 11.8 Å². The third-order valence-corrected chi connectivity index (χ3v) is 10.1. The maximum atomic E-state index is 13.8. The molecule has 270 valence electrons. The van der Waals surface area contributed by atoms with Crippen LogP contribution in [0.15, 0.2) is 91.0 Å². The van der Waals surface area contributed by atoms with Crippen molar-refractivity contribution in [3.63, 3.8) is 0 Å². The second kappa shape index (κ2) is 18.9. The molecule has 5 atom stereocenters. The van der Waals surface area contributed by atoms with Crippen LogP contribution in [0.2, 0.25) is 0 Å². The molecule has 1 aliphatic rings. The number of hydrogen-bond acceptors (Lipinski definition) is 7. The van der Waals surface area contributed by atoms with Crippen molar-refractivity contribution in [3.05, 3.63) is 108 Å². The maximum absolute atomic E-state index is 13.8. The third-order valence-electron chi connectivity index (χ3n) is 8.74. The summed E-state index contributed by atoms with van der Waals surface area (Å²) >= 11 is 1.87. The van der Waals surface area contributed by atoms with Crippen LogP contribution >= 0.6 is 11.8 Å². The molecule has 3 amide bonds. The molecule has 1 saturated heterocycles. The molecule has 0 bridgehead atoms. The van der Waals surface area contributed by atoms with Gasteiger partial charge in [-0.3, -0.25) is 14.5 Å². The number of alkyl carbamates (subject to hydrolysis) is 1. The van der Waals surface area contributed by atoms with Crippen LogP contribution in [-0.4, -0.2) is 76.0 Å². The van der Waals surface area contributed by atoms with E-state index >= 15 is 0 Å². The summed E-state index contributed by atoms with van der Waals surface area (Å²) in [5.74, 6) is 0.162. The molecule has 0 aliphatic carbocycles. The number of aliphatic hydroxyl groups is 1. The number of carbonyl (C=O) groups is 3. The first-order valence-electron chi connectivity index (χ1n) is 17.6. The summed E-state index contributed by atoms with van der Waals surface area (Å²) in [6, 6.07) is 27.4. The molecule has 0 radical (unpaired) electrons. The molecule has 50 heavy (non-hydrogen) atoms. The number of likely N-dealkylation sites (tertiary alicyclic amines) is 1. The lowest BCUT2D eigenvalue weighted by Gasteiger charge is -2.41. The molecule has 4 N–H and O–H groups in total. The van der Waals surface area contributed by atoms with Crippen molar-refractivity contribution >= 4 is 29.7 Å². The largest absolute Gasteiger partial charge is 0.445 e. The Bertz CT molecular complexity index is 1490. The fraction of sp³-hybridized carbons (Fsp3) is 0.475. The third kappa shape index (κ3) is 12.8. The number of rotatable bonds is 15. The van der Waals surface area contributed by atoms with Crippen molar-refractivity contribution in [2.75, 3.05) is 13.1 Å². The number of nitrogens with zero attached hydrogens (tertiary/aromatic N) is 1.